The zero-order valence-electron chi connectivity index (χ0n) is 12.9. The van der Waals surface area contributed by atoms with Gasteiger partial charge in [0.05, 0.1) is 5.54 Å². The van der Waals surface area contributed by atoms with Crippen molar-refractivity contribution in [2.45, 2.75) is 18.4 Å². The van der Waals surface area contributed by atoms with E-state index < -0.39 is 28.6 Å². The average Bonchev–Trinajstić information content (AvgIpc) is 2.52. The molecule has 4 N–H and O–H groups in total. The van der Waals surface area contributed by atoms with E-state index in [1.54, 1.807) is 0 Å². The summed E-state index contributed by atoms with van der Waals surface area (Å²) >= 11 is 0. The summed E-state index contributed by atoms with van der Waals surface area (Å²) in [5.74, 6) is -3.07. The van der Waals surface area contributed by atoms with Gasteiger partial charge in [-0.25, -0.2) is 8.78 Å². The number of carbonyl (C=O) groups is 2. The smallest absolute Gasteiger partial charge is 0.257 e. The standard InChI is InChI=1S/C15H19F2N3O3.ClH/c16-10-2-1-3-11(17)12(10)13(21)19-6-7-20-14(22)15(18)4-8-23-9-5-15;/h1-3H,4-9,18H2,(H,19,21)(H,20,22);1H. The third kappa shape index (κ3) is 4.86. The van der Waals surface area contributed by atoms with Crippen molar-refractivity contribution in [2.75, 3.05) is 26.3 Å². The Labute approximate surface area is 144 Å². The first-order chi connectivity index (χ1) is 10.9. The van der Waals surface area contributed by atoms with Crippen molar-refractivity contribution >= 4 is 24.2 Å². The molecule has 0 unspecified atom stereocenters. The maximum Gasteiger partial charge on any atom is 0.257 e. The monoisotopic (exact) mass is 363 g/mol. The SMILES string of the molecule is Cl.NC1(C(=O)NCCNC(=O)c2c(F)cccc2F)CCOCC1. The molecule has 2 rings (SSSR count). The topological polar surface area (TPSA) is 93.5 Å². The van der Waals surface area contributed by atoms with Crippen molar-refractivity contribution in [3.8, 4) is 0 Å². The Kier molecular flexibility index (Phi) is 7.53. The van der Waals surface area contributed by atoms with Crippen molar-refractivity contribution in [3.63, 3.8) is 0 Å². The van der Waals surface area contributed by atoms with Crippen LogP contribution in [0.15, 0.2) is 18.2 Å². The third-order valence-corrected chi connectivity index (χ3v) is 3.72. The van der Waals surface area contributed by atoms with Crippen LogP contribution in [0, 0.1) is 11.6 Å². The number of ether oxygens (including phenoxy) is 1. The van der Waals surface area contributed by atoms with Gasteiger partial charge in [-0.2, -0.15) is 0 Å². The zero-order valence-corrected chi connectivity index (χ0v) is 13.8. The highest BCUT2D eigenvalue weighted by Crippen LogP contribution is 2.17. The number of amides is 2. The lowest BCUT2D eigenvalue weighted by Crippen LogP contribution is -2.57. The second-order valence-electron chi connectivity index (χ2n) is 5.38. The van der Waals surface area contributed by atoms with E-state index in [-0.39, 0.29) is 31.4 Å². The Bertz CT molecular complexity index is 575. The fourth-order valence-corrected chi connectivity index (χ4v) is 2.29. The molecule has 9 heteroatoms. The Morgan fingerprint density at radius 2 is 1.67 bits per heavy atom. The molecule has 0 spiro atoms. The fraction of sp³-hybridized carbons (Fsp3) is 0.467. The van der Waals surface area contributed by atoms with Crippen LogP contribution in [0.5, 0.6) is 0 Å². The minimum Gasteiger partial charge on any atom is -0.381 e. The molecule has 0 aromatic heterocycles. The lowest BCUT2D eigenvalue weighted by Gasteiger charge is -2.31. The number of hydrogen-bond donors (Lipinski definition) is 3. The number of hydrogen-bond acceptors (Lipinski definition) is 4. The molecule has 1 aliphatic heterocycles. The van der Waals surface area contributed by atoms with Crippen LogP contribution in [0.25, 0.3) is 0 Å². The number of nitrogens with one attached hydrogen (secondary N) is 2. The minimum absolute atomic E-state index is 0. The molecule has 134 valence electrons. The normalized spacial score (nSPS) is 16.0. The van der Waals surface area contributed by atoms with E-state index in [1.807, 2.05) is 0 Å². The molecule has 1 heterocycles. The van der Waals surface area contributed by atoms with Crippen LogP contribution in [0.2, 0.25) is 0 Å². The summed E-state index contributed by atoms with van der Waals surface area (Å²) in [5.41, 5.74) is 4.38. The maximum absolute atomic E-state index is 13.4. The highest BCUT2D eigenvalue weighted by molar-refractivity contribution is 5.94. The van der Waals surface area contributed by atoms with Crippen molar-refractivity contribution in [1.29, 1.82) is 0 Å². The molecule has 2 amide bonds. The van der Waals surface area contributed by atoms with Crippen LogP contribution in [0.4, 0.5) is 8.78 Å². The number of carbonyl (C=O) groups excluding carboxylic acids is 2. The Morgan fingerprint density at radius 3 is 2.25 bits per heavy atom. The van der Waals surface area contributed by atoms with Crippen LogP contribution in [-0.4, -0.2) is 43.7 Å². The van der Waals surface area contributed by atoms with Crippen LogP contribution in [0.3, 0.4) is 0 Å². The van der Waals surface area contributed by atoms with Crippen LogP contribution in [0.1, 0.15) is 23.2 Å². The van der Waals surface area contributed by atoms with Gasteiger partial charge in [-0.3, -0.25) is 9.59 Å². The molecule has 0 bridgehead atoms. The van der Waals surface area contributed by atoms with E-state index in [0.717, 1.165) is 12.1 Å². The summed E-state index contributed by atoms with van der Waals surface area (Å²) in [7, 11) is 0. The molecule has 24 heavy (non-hydrogen) atoms. The molecular weight excluding hydrogens is 344 g/mol. The van der Waals surface area contributed by atoms with Gasteiger partial charge in [0.1, 0.15) is 17.2 Å². The Hall–Kier alpha value is -1.77. The van der Waals surface area contributed by atoms with Crippen LogP contribution >= 0.6 is 12.4 Å². The summed E-state index contributed by atoms with van der Waals surface area (Å²) in [6.07, 6.45) is 0.845. The van der Waals surface area contributed by atoms with E-state index in [2.05, 4.69) is 10.6 Å². The van der Waals surface area contributed by atoms with Gasteiger partial charge in [-0.1, -0.05) is 6.07 Å². The van der Waals surface area contributed by atoms with Crippen LogP contribution < -0.4 is 16.4 Å². The van der Waals surface area contributed by atoms with E-state index in [1.165, 1.54) is 6.07 Å². The summed E-state index contributed by atoms with van der Waals surface area (Å²) in [6.45, 7) is 0.992. The van der Waals surface area contributed by atoms with E-state index >= 15 is 0 Å². The average molecular weight is 364 g/mol. The predicted molar refractivity (Wildman–Crippen MR) is 85.9 cm³/mol. The third-order valence-electron chi connectivity index (χ3n) is 3.72. The van der Waals surface area contributed by atoms with E-state index in [0.29, 0.717) is 26.1 Å². The summed E-state index contributed by atoms with van der Waals surface area (Å²) in [6, 6.07) is 3.18. The first-order valence-corrected chi connectivity index (χ1v) is 7.31. The molecule has 0 aliphatic carbocycles. The first kappa shape index (κ1) is 20.3. The molecule has 0 atom stereocenters. The van der Waals surface area contributed by atoms with Gasteiger partial charge in [0.25, 0.3) is 5.91 Å². The lowest BCUT2D eigenvalue weighted by atomic mass is 9.90. The molecule has 1 aliphatic rings. The van der Waals surface area contributed by atoms with Gasteiger partial charge in [-0.15, -0.1) is 12.4 Å². The Morgan fingerprint density at radius 1 is 1.12 bits per heavy atom. The van der Waals surface area contributed by atoms with Gasteiger partial charge < -0.3 is 21.1 Å². The maximum atomic E-state index is 13.4. The van der Waals surface area contributed by atoms with Gasteiger partial charge in [-0.05, 0) is 25.0 Å². The second kappa shape index (κ2) is 8.91. The van der Waals surface area contributed by atoms with Gasteiger partial charge in [0.15, 0.2) is 0 Å². The zero-order chi connectivity index (χ0) is 16.9. The van der Waals surface area contributed by atoms with Crippen molar-refractivity contribution in [2.24, 2.45) is 5.73 Å². The van der Waals surface area contributed by atoms with Gasteiger partial charge in [0.2, 0.25) is 5.91 Å². The van der Waals surface area contributed by atoms with Crippen molar-refractivity contribution in [3.05, 3.63) is 35.4 Å². The molecule has 1 aromatic carbocycles. The highest BCUT2D eigenvalue weighted by atomic mass is 35.5. The number of halogens is 3. The molecule has 0 saturated carbocycles. The molecule has 6 nitrogen and oxygen atoms in total. The predicted octanol–water partition coefficient (Wildman–Crippen LogP) is 0.740. The molecule has 1 aromatic rings. The molecular formula is C15H20ClF2N3O3. The summed E-state index contributed by atoms with van der Waals surface area (Å²) in [4.78, 5) is 23.8. The van der Waals surface area contributed by atoms with E-state index in [9.17, 15) is 18.4 Å². The quantitative estimate of drug-likeness (QED) is 0.673. The number of benzene rings is 1. The van der Waals surface area contributed by atoms with Crippen molar-refractivity contribution in [1.82, 2.24) is 10.6 Å². The fourth-order valence-electron chi connectivity index (χ4n) is 2.29. The summed E-state index contributed by atoms with van der Waals surface area (Å²) < 4.78 is 32.0. The largest absolute Gasteiger partial charge is 0.381 e. The number of rotatable bonds is 5. The van der Waals surface area contributed by atoms with E-state index in [4.69, 9.17) is 10.5 Å². The van der Waals surface area contributed by atoms with Gasteiger partial charge in [0, 0.05) is 26.3 Å². The highest BCUT2D eigenvalue weighted by Gasteiger charge is 2.35. The minimum atomic E-state index is -0.972. The number of nitrogens with two attached hydrogens (primary N) is 1. The lowest BCUT2D eigenvalue weighted by molar-refractivity contribution is -0.129. The molecule has 0 radical (unpaired) electrons. The molecule has 1 saturated heterocycles. The van der Waals surface area contributed by atoms with Crippen molar-refractivity contribution < 1.29 is 23.1 Å². The van der Waals surface area contributed by atoms with Crippen LogP contribution in [-0.2, 0) is 9.53 Å². The summed E-state index contributed by atoms with van der Waals surface area (Å²) in [5, 5.41) is 4.96. The second-order valence-corrected chi connectivity index (χ2v) is 5.38. The Balaban J connectivity index is 0.00000288. The molecule has 1 fully saturated rings. The first-order valence-electron chi connectivity index (χ1n) is 7.31. The van der Waals surface area contributed by atoms with Gasteiger partial charge >= 0.3 is 0 Å².